The second kappa shape index (κ2) is 6.63. The zero-order valence-corrected chi connectivity index (χ0v) is 9.63. The molecule has 88 valence electrons. The highest BCUT2D eigenvalue weighted by atomic mass is 35.5. The van der Waals surface area contributed by atoms with Gasteiger partial charge in [-0.2, -0.15) is 0 Å². The third kappa shape index (κ3) is 4.99. The van der Waals surface area contributed by atoms with Gasteiger partial charge in [-0.1, -0.05) is 0 Å². The van der Waals surface area contributed by atoms with E-state index in [4.69, 9.17) is 5.11 Å². The fourth-order valence-corrected chi connectivity index (χ4v) is 1.43. The molecular weight excluding hydrogens is 220 g/mol. The van der Waals surface area contributed by atoms with Crippen LogP contribution in [0.15, 0.2) is 0 Å². The van der Waals surface area contributed by atoms with E-state index < -0.39 is 5.97 Å². The Labute approximate surface area is 95.4 Å². The first kappa shape index (κ1) is 14.2. The van der Waals surface area contributed by atoms with Crippen LogP contribution in [-0.2, 0) is 9.59 Å². The number of hydrogen-bond donors (Lipinski definition) is 1. The van der Waals surface area contributed by atoms with E-state index in [0.717, 1.165) is 26.2 Å². The minimum atomic E-state index is -0.910. The standard InChI is InChI=1S/C9H16N2O3.ClH/c1-10-4-6-11(7-5-10)8(12)2-3-9(13)14;/h2-7H2,1H3,(H,13,14);1H. The molecule has 0 aromatic heterocycles. The second-order valence-corrected chi connectivity index (χ2v) is 3.58. The van der Waals surface area contributed by atoms with Crippen LogP contribution in [0.5, 0.6) is 0 Å². The van der Waals surface area contributed by atoms with Crippen LogP contribution in [0.2, 0.25) is 0 Å². The second-order valence-electron chi connectivity index (χ2n) is 3.58. The first-order chi connectivity index (χ1) is 6.59. The van der Waals surface area contributed by atoms with Crippen LogP contribution in [0.1, 0.15) is 12.8 Å². The molecular formula is C9H17ClN2O3. The van der Waals surface area contributed by atoms with Crippen molar-refractivity contribution in [3.05, 3.63) is 0 Å². The van der Waals surface area contributed by atoms with Gasteiger partial charge in [-0.3, -0.25) is 9.59 Å². The molecule has 15 heavy (non-hydrogen) atoms. The van der Waals surface area contributed by atoms with Crippen molar-refractivity contribution in [1.82, 2.24) is 9.80 Å². The Hall–Kier alpha value is -0.810. The van der Waals surface area contributed by atoms with Gasteiger partial charge in [0.2, 0.25) is 5.91 Å². The minimum Gasteiger partial charge on any atom is -0.481 e. The molecule has 5 nitrogen and oxygen atoms in total. The van der Waals surface area contributed by atoms with Gasteiger partial charge in [0.25, 0.3) is 0 Å². The molecule has 0 spiro atoms. The van der Waals surface area contributed by atoms with Crippen molar-refractivity contribution in [2.45, 2.75) is 12.8 Å². The molecule has 1 fully saturated rings. The molecule has 1 saturated heterocycles. The first-order valence-electron chi connectivity index (χ1n) is 4.77. The number of halogens is 1. The molecule has 1 aliphatic rings. The lowest BCUT2D eigenvalue weighted by Gasteiger charge is -2.32. The van der Waals surface area contributed by atoms with Gasteiger partial charge in [-0.15, -0.1) is 12.4 Å². The zero-order chi connectivity index (χ0) is 10.6. The number of rotatable bonds is 3. The van der Waals surface area contributed by atoms with Crippen LogP contribution in [0.25, 0.3) is 0 Å². The van der Waals surface area contributed by atoms with Crippen molar-refractivity contribution in [1.29, 1.82) is 0 Å². The normalized spacial score (nSPS) is 17.0. The smallest absolute Gasteiger partial charge is 0.303 e. The molecule has 1 amide bonds. The predicted molar refractivity (Wildman–Crippen MR) is 58.2 cm³/mol. The van der Waals surface area contributed by atoms with Gasteiger partial charge in [0.15, 0.2) is 0 Å². The van der Waals surface area contributed by atoms with E-state index in [1.54, 1.807) is 4.90 Å². The molecule has 0 atom stereocenters. The lowest BCUT2D eigenvalue weighted by Crippen LogP contribution is -2.47. The summed E-state index contributed by atoms with van der Waals surface area (Å²) in [5.41, 5.74) is 0. The van der Waals surface area contributed by atoms with E-state index in [-0.39, 0.29) is 31.2 Å². The van der Waals surface area contributed by atoms with E-state index in [1.165, 1.54) is 0 Å². The summed E-state index contributed by atoms with van der Waals surface area (Å²) < 4.78 is 0. The van der Waals surface area contributed by atoms with E-state index in [9.17, 15) is 9.59 Å². The van der Waals surface area contributed by atoms with Crippen LogP contribution in [0.4, 0.5) is 0 Å². The Morgan fingerprint density at radius 1 is 1.13 bits per heavy atom. The first-order valence-corrected chi connectivity index (χ1v) is 4.77. The van der Waals surface area contributed by atoms with Gasteiger partial charge < -0.3 is 14.9 Å². The van der Waals surface area contributed by atoms with E-state index in [2.05, 4.69) is 4.90 Å². The number of aliphatic carboxylic acids is 1. The molecule has 0 radical (unpaired) electrons. The van der Waals surface area contributed by atoms with Crippen LogP contribution >= 0.6 is 12.4 Å². The Morgan fingerprint density at radius 2 is 1.67 bits per heavy atom. The van der Waals surface area contributed by atoms with Gasteiger partial charge >= 0.3 is 5.97 Å². The Bertz CT molecular complexity index is 227. The molecule has 0 aromatic rings. The number of hydrogen-bond acceptors (Lipinski definition) is 3. The zero-order valence-electron chi connectivity index (χ0n) is 8.81. The molecule has 1 heterocycles. The summed E-state index contributed by atoms with van der Waals surface area (Å²) in [5.74, 6) is -0.951. The third-order valence-corrected chi connectivity index (χ3v) is 2.41. The van der Waals surface area contributed by atoms with Crippen molar-refractivity contribution in [3.63, 3.8) is 0 Å². The number of piperazine rings is 1. The third-order valence-electron chi connectivity index (χ3n) is 2.41. The highest BCUT2D eigenvalue weighted by Crippen LogP contribution is 2.03. The molecule has 1 rings (SSSR count). The van der Waals surface area contributed by atoms with Gasteiger partial charge in [0, 0.05) is 32.6 Å². The number of likely N-dealkylation sites (N-methyl/N-ethyl adjacent to an activating group) is 1. The van der Waals surface area contributed by atoms with Crippen molar-refractivity contribution in [2.75, 3.05) is 33.2 Å². The summed E-state index contributed by atoms with van der Waals surface area (Å²) in [5, 5.41) is 8.42. The maximum absolute atomic E-state index is 11.5. The predicted octanol–water partition coefficient (Wildman–Crippen LogP) is 0.0470. The SMILES string of the molecule is CN1CCN(C(=O)CCC(=O)O)CC1.Cl. The summed E-state index contributed by atoms with van der Waals surface area (Å²) in [6, 6.07) is 0. The maximum atomic E-state index is 11.5. The van der Waals surface area contributed by atoms with Crippen LogP contribution in [-0.4, -0.2) is 60.0 Å². The number of carbonyl (C=O) groups is 2. The van der Waals surface area contributed by atoms with Gasteiger partial charge in [-0.05, 0) is 7.05 Å². The summed E-state index contributed by atoms with van der Waals surface area (Å²) >= 11 is 0. The summed E-state index contributed by atoms with van der Waals surface area (Å²) in [4.78, 5) is 25.6. The summed E-state index contributed by atoms with van der Waals surface area (Å²) in [7, 11) is 2.01. The molecule has 0 unspecified atom stereocenters. The van der Waals surface area contributed by atoms with Crippen LogP contribution < -0.4 is 0 Å². The quantitative estimate of drug-likeness (QED) is 0.752. The van der Waals surface area contributed by atoms with Crippen molar-refractivity contribution in [3.8, 4) is 0 Å². The Morgan fingerprint density at radius 3 is 2.13 bits per heavy atom. The topological polar surface area (TPSA) is 60.9 Å². The lowest BCUT2D eigenvalue weighted by molar-refractivity contribution is -0.141. The average molecular weight is 237 g/mol. The Balaban J connectivity index is 0.00000196. The van der Waals surface area contributed by atoms with Crippen molar-refractivity contribution < 1.29 is 14.7 Å². The van der Waals surface area contributed by atoms with E-state index >= 15 is 0 Å². The maximum Gasteiger partial charge on any atom is 0.303 e. The Kier molecular flexibility index (Phi) is 6.27. The summed E-state index contributed by atoms with van der Waals surface area (Å²) in [6.07, 6.45) is 0.0597. The fraction of sp³-hybridized carbons (Fsp3) is 0.778. The van der Waals surface area contributed by atoms with Gasteiger partial charge in [0.1, 0.15) is 0 Å². The van der Waals surface area contributed by atoms with E-state index in [1.807, 2.05) is 7.05 Å². The number of carboxylic acids is 1. The van der Waals surface area contributed by atoms with E-state index in [0.29, 0.717) is 0 Å². The van der Waals surface area contributed by atoms with Crippen molar-refractivity contribution in [2.24, 2.45) is 0 Å². The number of amides is 1. The molecule has 0 bridgehead atoms. The number of carbonyl (C=O) groups excluding carboxylic acids is 1. The molecule has 0 aliphatic carbocycles. The van der Waals surface area contributed by atoms with Gasteiger partial charge in [0.05, 0.1) is 6.42 Å². The van der Waals surface area contributed by atoms with Crippen molar-refractivity contribution >= 4 is 24.3 Å². The van der Waals surface area contributed by atoms with Crippen LogP contribution in [0.3, 0.4) is 0 Å². The molecule has 1 aliphatic heterocycles. The molecule has 0 saturated carbocycles. The van der Waals surface area contributed by atoms with Crippen LogP contribution in [0, 0.1) is 0 Å². The average Bonchev–Trinajstić information content (AvgIpc) is 2.15. The van der Waals surface area contributed by atoms with Gasteiger partial charge in [-0.25, -0.2) is 0 Å². The monoisotopic (exact) mass is 236 g/mol. The molecule has 6 heteroatoms. The molecule has 0 aromatic carbocycles. The summed E-state index contributed by atoms with van der Waals surface area (Å²) in [6.45, 7) is 3.18. The highest BCUT2D eigenvalue weighted by Gasteiger charge is 2.18. The number of carboxylic acid groups (broad SMARTS) is 1. The minimum absolute atomic E-state index is 0. The highest BCUT2D eigenvalue weighted by molar-refractivity contribution is 5.85. The number of nitrogens with zero attached hydrogens (tertiary/aromatic N) is 2. The fourth-order valence-electron chi connectivity index (χ4n) is 1.43. The lowest BCUT2D eigenvalue weighted by atomic mass is 10.2. The largest absolute Gasteiger partial charge is 0.481 e. The molecule has 1 N–H and O–H groups in total.